The van der Waals surface area contributed by atoms with E-state index in [1.807, 2.05) is 30.0 Å². The number of fused-ring (bicyclic) bond motifs is 1. The van der Waals surface area contributed by atoms with Gasteiger partial charge in [-0.05, 0) is 12.1 Å². The van der Waals surface area contributed by atoms with E-state index in [9.17, 15) is 4.79 Å². The van der Waals surface area contributed by atoms with Crippen LogP contribution in [0.5, 0.6) is 0 Å². The van der Waals surface area contributed by atoms with Gasteiger partial charge in [-0.1, -0.05) is 19.1 Å². The molecule has 3 heteroatoms. The lowest BCUT2D eigenvalue weighted by atomic mass is 10.1. The van der Waals surface area contributed by atoms with Gasteiger partial charge in [0.25, 0.3) is 0 Å². The van der Waals surface area contributed by atoms with Crippen molar-refractivity contribution in [2.45, 2.75) is 13.3 Å². The van der Waals surface area contributed by atoms with Gasteiger partial charge in [0.2, 0.25) is 5.91 Å². The Labute approximate surface area is 90.3 Å². The van der Waals surface area contributed by atoms with Crippen LogP contribution in [0.3, 0.4) is 0 Å². The summed E-state index contributed by atoms with van der Waals surface area (Å²) in [7, 11) is 2.06. The lowest BCUT2D eigenvalue weighted by molar-refractivity contribution is -0.118. The van der Waals surface area contributed by atoms with Crippen LogP contribution in [0.1, 0.15) is 13.3 Å². The maximum absolute atomic E-state index is 11.7. The largest absolute Gasteiger partial charge is 0.371 e. The Morgan fingerprint density at radius 1 is 1.27 bits per heavy atom. The van der Waals surface area contributed by atoms with Crippen molar-refractivity contribution in [2.24, 2.45) is 0 Å². The minimum Gasteiger partial charge on any atom is -0.371 e. The van der Waals surface area contributed by atoms with Crippen LogP contribution < -0.4 is 9.80 Å². The predicted molar refractivity (Wildman–Crippen MR) is 62.4 cm³/mol. The van der Waals surface area contributed by atoms with Gasteiger partial charge in [0.15, 0.2) is 0 Å². The Morgan fingerprint density at radius 2 is 1.93 bits per heavy atom. The summed E-state index contributed by atoms with van der Waals surface area (Å²) < 4.78 is 0. The van der Waals surface area contributed by atoms with Crippen LogP contribution in [0.15, 0.2) is 24.3 Å². The number of para-hydroxylation sites is 2. The molecule has 1 aromatic carbocycles. The first-order valence-electron chi connectivity index (χ1n) is 5.34. The van der Waals surface area contributed by atoms with Crippen LogP contribution in [-0.4, -0.2) is 26.0 Å². The molecule has 0 fully saturated rings. The zero-order valence-electron chi connectivity index (χ0n) is 9.23. The predicted octanol–water partition coefficient (Wildman–Crippen LogP) is 1.88. The van der Waals surface area contributed by atoms with Crippen molar-refractivity contribution in [1.29, 1.82) is 0 Å². The van der Waals surface area contributed by atoms with E-state index in [0.29, 0.717) is 6.42 Å². The maximum atomic E-state index is 11.7. The Hall–Kier alpha value is -1.51. The second kappa shape index (κ2) is 3.93. The molecular formula is C12H16N2O. The summed E-state index contributed by atoms with van der Waals surface area (Å²) in [5, 5.41) is 0. The highest BCUT2D eigenvalue weighted by molar-refractivity contribution is 5.97. The maximum Gasteiger partial charge on any atom is 0.226 e. The topological polar surface area (TPSA) is 23.6 Å². The van der Waals surface area contributed by atoms with Crippen LogP contribution in [0.25, 0.3) is 0 Å². The van der Waals surface area contributed by atoms with E-state index >= 15 is 0 Å². The molecule has 15 heavy (non-hydrogen) atoms. The molecule has 1 aliphatic heterocycles. The molecule has 1 aliphatic rings. The van der Waals surface area contributed by atoms with E-state index in [1.54, 1.807) is 0 Å². The fourth-order valence-corrected chi connectivity index (χ4v) is 1.96. The fourth-order valence-electron chi connectivity index (χ4n) is 1.96. The molecule has 0 aromatic heterocycles. The van der Waals surface area contributed by atoms with Gasteiger partial charge in [-0.2, -0.15) is 0 Å². The van der Waals surface area contributed by atoms with Crippen molar-refractivity contribution in [2.75, 3.05) is 29.9 Å². The number of likely N-dealkylation sites (N-methyl/N-ethyl adjacent to an activating group) is 1. The Balaban J connectivity index is 2.40. The zero-order valence-corrected chi connectivity index (χ0v) is 9.23. The Kier molecular flexibility index (Phi) is 2.62. The van der Waals surface area contributed by atoms with Crippen LogP contribution in [-0.2, 0) is 4.79 Å². The molecule has 0 unspecified atom stereocenters. The highest BCUT2D eigenvalue weighted by Crippen LogP contribution is 2.31. The normalized spacial score (nSPS) is 15.1. The Bertz CT molecular complexity index is 376. The van der Waals surface area contributed by atoms with Gasteiger partial charge >= 0.3 is 0 Å². The zero-order chi connectivity index (χ0) is 10.8. The molecular weight excluding hydrogens is 188 g/mol. The van der Waals surface area contributed by atoms with E-state index < -0.39 is 0 Å². The summed E-state index contributed by atoms with van der Waals surface area (Å²) in [4.78, 5) is 15.8. The number of nitrogens with zero attached hydrogens (tertiary/aromatic N) is 2. The van der Waals surface area contributed by atoms with Crippen molar-refractivity contribution in [1.82, 2.24) is 0 Å². The van der Waals surface area contributed by atoms with Crippen LogP contribution in [0.2, 0.25) is 0 Å². The molecule has 0 saturated carbocycles. The molecule has 1 amide bonds. The minimum absolute atomic E-state index is 0.204. The summed E-state index contributed by atoms with van der Waals surface area (Å²) in [6.45, 7) is 3.60. The third kappa shape index (κ3) is 1.69. The van der Waals surface area contributed by atoms with Gasteiger partial charge in [0.05, 0.1) is 11.4 Å². The monoisotopic (exact) mass is 204 g/mol. The molecule has 0 bridgehead atoms. The van der Waals surface area contributed by atoms with Gasteiger partial charge < -0.3 is 9.80 Å². The van der Waals surface area contributed by atoms with Crippen molar-refractivity contribution < 1.29 is 4.79 Å². The second-order valence-corrected chi connectivity index (χ2v) is 3.81. The van der Waals surface area contributed by atoms with Crippen LogP contribution in [0.4, 0.5) is 11.4 Å². The molecule has 2 rings (SSSR count). The molecule has 0 aliphatic carbocycles. The quantitative estimate of drug-likeness (QED) is 0.697. The average Bonchev–Trinajstić information content (AvgIpc) is 2.29. The third-order valence-electron chi connectivity index (χ3n) is 2.85. The number of rotatable bonds is 1. The molecule has 0 N–H and O–H groups in total. The standard InChI is InChI=1S/C12H16N2O/c1-3-12(15)14-9-8-13(2)10-6-4-5-7-11(10)14/h4-7H,3,8-9H2,1-2H3. The molecule has 1 heterocycles. The van der Waals surface area contributed by atoms with E-state index in [1.165, 1.54) is 0 Å². The smallest absolute Gasteiger partial charge is 0.226 e. The third-order valence-corrected chi connectivity index (χ3v) is 2.85. The number of hydrogen-bond acceptors (Lipinski definition) is 2. The van der Waals surface area contributed by atoms with E-state index in [0.717, 1.165) is 24.5 Å². The number of hydrogen-bond donors (Lipinski definition) is 0. The van der Waals surface area contributed by atoms with Crippen molar-refractivity contribution >= 4 is 17.3 Å². The summed E-state index contributed by atoms with van der Waals surface area (Å²) in [6.07, 6.45) is 0.568. The summed E-state index contributed by atoms with van der Waals surface area (Å²) >= 11 is 0. The average molecular weight is 204 g/mol. The lowest BCUT2D eigenvalue weighted by Gasteiger charge is -2.35. The number of carbonyl (C=O) groups is 1. The molecule has 80 valence electrons. The Morgan fingerprint density at radius 3 is 2.60 bits per heavy atom. The molecule has 0 spiro atoms. The fraction of sp³-hybridized carbons (Fsp3) is 0.417. The molecule has 0 atom stereocenters. The lowest BCUT2D eigenvalue weighted by Crippen LogP contribution is -2.42. The SMILES string of the molecule is CCC(=O)N1CCN(C)c2ccccc21. The number of amides is 1. The minimum atomic E-state index is 0.204. The number of anilines is 2. The first-order valence-corrected chi connectivity index (χ1v) is 5.34. The van der Waals surface area contributed by atoms with E-state index in [2.05, 4.69) is 18.0 Å². The van der Waals surface area contributed by atoms with Gasteiger partial charge in [0, 0.05) is 26.6 Å². The number of carbonyl (C=O) groups excluding carboxylic acids is 1. The molecule has 0 saturated heterocycles. The molecule has 0 radical (unpaired) electrons. The van der Waals surface area contributed by atoms with Gasteiger partial charge in [-0.25, -0.2) is 0 Å². The van der Waals surface area contributed by atoms with Gasteiger partial charge in [-0.15, -0.1) is 0 Å². The highest BCUT2D eigenvalue weighted by atomic mass is 16.2. The summed E-state index contributed by atoms with van der Waals surface area (Å²) in [5.41, 5.74) is 2.18. The first kappa shape index (κ1) is 10.0. The van der Waals surface area contributed by atoms with Crippen LogP contribution in [0, 0.1) is 0 Å². The highest BCUT2D eigenvalue weighted by Gasteiger charge is 2.23. The van der Waals surface area contributed by atoms with E-state index in [4.69, 9.17) is 0 Å². The second-order valence-electron chi connectivity index (χ2n) is 3.81. The van der Waals surface area contributed by atoms with Gasteiger partial charge in [-0.3, -0.25) is 4.79 Å². The first-order chi connectivity index (χ1) is 7.24. The number of benzene rings is 1. The molecule has 3 nitrogen and oxygen atoms in total. The summed E-state index contributed by atoms with van der Waals surface area (Å²) in [6, 6.07) is 8.06. The van der Waals surface area contributed by atoms with Crippen molar-refractivity contribution in [3.05, 3.63) is 24.3 Å². The van der Waals surface area contributed by atoms with Gasteiger partial charge in [0.1, 0.15) is 0 Å². The summed E-state index contributed by atoms with van der Waals surface area (Å²) in [5.74, 6) is 0.204. The van der Waals surface area contributed by atoms with Crippen molar-refractivity contribution in [3.8, 4) is 0 Å². The van der Waals surface area contributed by atoms with Crippen molar-refractivity contribution in [3.63, 3.8) is 0 Å². The molecule has 1 aromatic rings. The van der Waals surface area contributed by atoms with Crippen LogP contribution >= 0.6 is 0 Å². The van der Waals surface area contributed by atoms with E-state index in [-0.39, 0.29) is 5.91 Å².